The molecule has 10 N–H and O–H groups in total. The highest BCUT2D eigenvalue weighted by Crippen LogP contribution is 2.19. The molecule has 4 atom stereocenters. The van der Waals surface area contributed by atoms with Gasteiger partial charge in [-0.3, -0.25) is 19.2 Å². The lowest BCUT2D eigenvalue weighted by Gasteiger charge is -2.24. The van der Waals surface area contributed by atoms with E-state index in [-0.39, 0.29) is 25.7 Å². The van der Waals surface area contributed by atoms with Gasteiger partial charge in [-0.1, -0.05) is 18.2 Å². The molecule has 2 aromatic rings. The first-order chi connectivity index (χ1) is 18.1. The highest BCUT2D eigenvalue weighted by atomic mass is 32.2. The number of nitrogens with two attached hydrogens (primary N) is 2. The van der Waals surface area contributed by atoms with Crippen LogP contribution in [0.2, 0.25) is 0 Å². The van der Waals surface area contributed by atoms with E-state index in [0.29, 0.717) is 11.3 Å². The summed E-state index contributed by atoms with van der Waals surface area (Å²) in [6, 6.07) is 2.39. The standard InChI is InChI=1S/C24H34N6O7S/c1-38-9-8-17(28-23(35)19(12-31)30-21(33)15(25)6-7-20(26)32)22(34)29-18(24(36)37)10-13-11-27-16-5-3-2-4-14(13)16/h2-5,11,15,17-19,27,31H,6-10,12,25H2,1H3,(H2,26,32)(H,28,35)(H,29,34)(H,30,33)(H,36,37). The van der Waals surface area contributed by atoms with E-state index in [0.717, 1.165) is 10.9 Å². The van der Waals surface area contributed by atoms with Gasteiger partial charge in [0.25, 0.3) is 0 Å². The van der Waals surface area contributed by atoms with Crippen LogP contribution in [0.15, 0.2) is 30.5 Å². The van der Waals surface area contributed by atoms with E-state index in [4.69, 9.17) is 11.5 Å². The summed E-state index contributed by atoms with van der Waals surface area (Å²) < 4.78 is 0. The van der Waals surface area contributed by atoms with Crippen molar-refractivity contribution in [2.75, 3.05) is 18.6 Å². The van der Waals surface area contributed by atoms with E-state index in [1.807, 2.05) is 24.3 Å². The summed E-state index contributed by atoms with van der Waals surface area (Å²) >= 11 is 1.42. The number of nitrogens with one attached hydrogen (secondary N) is 4. The van der Waals surface area contributed by atoms with E-state index < -0.39 is 60.4 Å². The molecule has 208 valence electrons. The van der Waals surface area contributed by atoms with E-state index in [9.17, 15) is 34.2 Å². The minimum Gasteiger partial charge on any atom is -0.480 e. The largest absolute Gasteiger partial charge is 0.480 e. The van der Waals surface area contributed by atoms with Crippen molar-refractivity contribution in [2.45, 2.75) is 49.9 Å². The second-order valence-electron chi connectivity index (χ2n) is 8.66. The third-order valence-corrected chi connectivity index (χ3v) is 6.46. The van der Waals surface area contributed by atoms with Gasteiger partial charge in [-0.05, 0) is 36.5 Å². The number of para-hydroxylation sites is 1. The maximum Gasteiger partial charge on any atom is 0.326 e. The zero-order valence-electron chi connectivity index (χ0n) is 20.9. The van der Waals surface area contributed by atoms with Crippen LogP contribution in [-0.2, 0) is 30.4 Å². The summed E-state index contributed by atoms with van der Waals surface area (Å²) in [5, 5.41) is 27.5. The lowest BCUT2D eigenvalue weighted by atomic mass is 10.0. The maximum atomic E-state index is 13.1. The lowest BCUT2D eigenvalue weighted by molar-refractivity contribution is -0.142. The quantitative estimate of drug-likeness (QED) is 0.122. The second kappa shape index (κ2) is 15.0. The number of primary amides is 1. The number of fused-ring (bicyclic) bond motifs is 1. The molecule has 14 heteroatoms. The summed E-state index contributed by atoms with van der Waals surface area (Å²) in [6.07, 6.45) is 3.48. The maximum absolute atomic E-state index is 13.1. The minimum atomic E-state index is -1.42. The number of rotatable bonds is 16. The topological polar surface area (TPSA) is 230 Å². The molecular formula is C24H34N6O7S. The van der Waals surface area contributed by atoms with Crippen LogP contribution in [-0.4, -0.2) is 87.6 Å². The number of carbonyl (C=O) groups is 5. The number of carbonyl (C=O) groups excluding carboxylic acids is 4. The van der Waals surface area contributed by atoms with Crippen molar-refractivity contribution in [1.82, 2.24) is 20.9 Å². The van der Waals surface area contributed by atoms with Gasteiger partial charge in [0.05, 0.1) is 12.6 Å². The number of amides is 4. The zero-order chi connectivity index (χ0) is 28.2. The summed E-state index contributed by atoms with van der Waals surface area (Å²) in [5.74, 6) is -3.78. The van der Waals surface area contributed by atoms with Gasteiger partial charge < -0.3 is 42.6 Å². The highest BCUT2D eigenvalue weighted by Gasteiger charge is 2.30. The number of thioether (sulfide) groups is 1. The molecule has 0 aliphatic rings. The Balaban J connectivity index is 2.08. The van der Waals surface area contributed by atoms with Crippen LogP contribution >= 0.6 is 11.8 Å². The molecule has 38 heavy (non-hydrogen) atoms. The number of H-pyrrole nitrogens is 1. The van der Waals surface area contributed by atoms with Crippen LogP contribution in [0.1, 0.15) is 24.8 Å². The summed E-state index contributed by atoms with van der Waals surface area (Å²) in [7, 11) is 0. The van der Waals surface area contributed by atoms with Gasteiger partial charge in [0.15, 0.2) is 0 Å². The Bertz CT molecular complexity index is 1140. The Morgan fingerprint density at radius 1 is 0.974 bits per heavy atom. The van der Waals surface area contributed by atoms with Gasteiger partial charge in [0.2, 0.25) is 23.6 Å². The Labute approximate surface area is 223 Å². The SMILES string of the molecule is CSCCC(NC(=O)C(CO)NC(=O)C(N)CCC(N)=O)C(=O)NC(Cc1c[nH]c2ccccc12)C(=O)O. The Morgan fingerprint density at radius 3 is 2.24 bits per heavy atom. The fraction of sp³-hybridized carbons (Fsp3) is 0.458. The molecule has 1 aromatic heterocycles. The van der Waals surface area contributed by atoms with Gasteiger partial charge in [0.1, 0.15) is 18.1 Å². The van der Waals surface area contributed by atoms with Crippen molar-refractivity contribution in [3.63, 3.8) is 0 Å². The smallest absolute Gasteiger partial charge is 0.326 e. The second-order valence-corrected chi connectivity index (χ2v) is 9.65. The Hall–Kier alpha value is -3.62. The molecule has 0 radical (unpaired) electrons. The highest BCUT2D eigenvalue weighted by molar-refractivity contribution is 7.98. The molecule has 0 spiro atoms. The minimum absolute atomic E-state index is 0.00674. The van der Waals surface area contributed by atoms with E-state index >= 15 is 0 Å². The van der Waals surface area contributed by atoms with Crippen LogP contribution in [0.3, 0.4) is 0 Å². The molecule has 13 nitrogen and oxygen atoms in total. The van der Waals surface area contributed by atoms with Gasteiger partial charge in [-0.25, -0.2) is 4.79 Å². The molecule has 1 heterocycles. The first-order valence-corrected chi connectivity index (χ1v) is 13.3. The van der Waals surface area contributed by atoms with Crippen LogP contribution in [0.25, 0.3) is 10.9 Å². The first-order valence-electron chi connectivity index (χ1n) is 11.9. The third-order valence-electron chi connectivity index (χ3n) is 5.81. The number of aliphatic hydroxyl groups is 1. The summed E-state index contributed by atoms with van der Waals surface area (Å²) in [6.45, 7) is -0.782. The van der Waals surface area contributed by atoms with E-state index in [1.165, 1.54) is 11.8 Å². The van der Waals surface area contributed by atoms with Crippen molar-refractivity contribution in [1.29, 1.82) is 0 Å². The predicted octanol–water partition coefficient (Wildman–Crippen LogP) is -1.41. The van der Waals surface area contributed by atoms with Gasteiger partial charge >= 0.3 is 5.97 Å². The fourth-order valence-electron chi connectivity index (χ4n) is 3.67. The zero-order valence-corrected chi connectivity index (χ0v) is 21.8. The number of aromatic nitrogens is 1. The molecule has 0 bridgehead atoms. The van der Waals surface area contributed by atoms with Crippen molar-refractivity contribution >= 4 is 52.3 Å². The fourth-order valence-corrected chi connectivity index (χ4v) is 4.14. The van der Waals surface area contributed by atoms with Crippen molar-refractivity contribution < 1.29 is 34.2 Å². The van der Waals surface area contributed by atoms with Gasteiger partial charge in [-0.15, -0.1) is 0 Å². The first kappa shape index (κ1) is 30.6. The molecular weight excluding hydrogens is 516 g/mol. The molecule has 0 fully saturated rings. The molecule has 0 aliphatic carbocycles. The van der Waals surface area contributed by atoms with Gasteiger partial charge in [0, 0.05) is 29.9 Å². The molecule has 0 aliphatic heterocycles. The number of hydrogen-bond acceptors (Lipinski definition) is 8. The average Bonchev–Trinajstić information content (AvgIpc) is 3.29. The number of aromatic amines is 1. The molecule has 1 aromatic carbocycles. The normalized spacial score (nSPS) is 14.2. The number of benzene rings is 1. The number of hydrogen-bond donors (Lipinski definition) is 8. The van der Waals surface area contributed by atoms with Crippen LogP contribution < -0.4 is 27.4 Å². The van der Waals surface area contributed by atoms with Crippen LogP contribution in [0, 0.1) is 0 Å². The van der Waals surface area contributed by atoms with E-state index in [1.54, 1.807) is 12.5 Å². The Kier molecular flexibility index (Phi) is 12.0. The molecule has 2 rings (SSSR count). The monoisotopic (exact) mass is 550 g/mol. The molecule has 4 amide bonds. The van der Waals surface area contributed by atoms with Crippen molar-refractivity contribution in [3.05, 3.63) is 36.0 Å². The lowest BCUT2D eigenvalue weighted by Crippen LogP contribution is -2.58. The average molecular weight is 551 g/mol. The van der Waals surface area contributed by atoms with Crippen molar-refractivity contribution in [3.8, 4) is 0 Å². The summed E-state index contributed by atoms with van der Waals surface area (Å²) in [5.41, 5.74) is 12.3. The molecule has 0 saturated carbocycles. The van der Waals surface area contributed by atoms with Crippen molar-refractivity contribution in [2.24, 2.45) is 11.5 Å². The summed E-state index contributed by atoms with van der Waals surface area (Å²) in [4.78, 5) is 64.0. The number of carboxylic acid groups (broad SMARTS) is 1. The Morgan fingerprint density at radius 2 is 1.61 bits per heavy atom. The number of aliphatic hydroxyl groups excluding tert-OH is 1. The third kappa shape index (κ3) is 9.04. The van der Waals surface area contributed by atoms with Gasteiger partial charge in [-0.2, -0.15) is 11.8 Å². The number of carboxylic acids is 1. The predicted molar refractivity (Wildman–Crippen MR) is 142 cm³/mol. The van der Waals surface area contributed by atoms with Crippen LogP contribution in [0.4, 0.5) is 0 Å². The molecule has 0 saturated heterocycles. The van der Waals surface area contributed by atoms with E-state index in [2.05, 4.69) is 20.9 Å². The number of aliphatic carboxylic acids is 1. The molecule has 4 unspecified atom stereocenters. The van der Waals surface area contributed by atoms with Crippen LogP contribution in [0.5, 0.6) is 0 Å².